The molecule has 0 aromatic carbocycles. The predicted octanol–water partition coefficient (Wildman–Crippen LogP) is 4.23. The van der Waals surface area contributed by atoms with Crippen LogP contribution in [0, 0.1) is 0 Å². The van der Waals surface area contributed by atoms with Crippen LogP contribution < -0.4 is 0 Å². The van der Waals surface area contributed by atoms with Crippen LogP contribution in [0.5, 0.6) is 0 Å². The lowest BCUT2D eigenvalue weighted by molar-refractivity contribution is -0.234. The second kappa shape index (κ2) is 9.65. The van der Waals surface area contributed by atoms with Gasteiger partial charge in [-0.3, -0.25) is 0 Å². The largest absolute Gasteiger partial charge is 0.453 e. The Bertz CT molecular complexity index is 627. The molecule has 7 heteroatoms. The molecule has 30 heavy (non-hydrogen) atoms. The zero-order valence-electron chi connectivity index (χ0n) is 19.3. The summed E-state index contributed by atoms with van der Waals surface area (Å²) in [5.41, 5.74) is 0.720. The lowest BCUT2D eigenvalue weighted by atomic mass is 10.0. The van der Waals surface area contributed by atoms with E-state index in [-0.39, 0.29) is 12.1 Å². The summed E-state index contributed by atoms with van der Waals surface area (Å²) in [6.45, 7) is 12.0. The molecule has 172 valence electrons. The molecule has 0 N–H and O–H groups in total. The third-order valence-corrected chi connectivity index (χ3v) is 5.65. The van der Waals surface area contributed by atoms with Crippen LogP contribution in [-0.2, 0) is 33.2 Å². The second-order valence-corrected chi connectivity index (χ2v) is 9.28. The number of hydrogen-bond acceptors (Lipinski definition) is 7. The van der Waals surface area contributed by atoms with Crippen LogP contribution in [-0.4, -0.2) is 54.9 Å². The van der Waals surface area contributed by atoms with Gasteiger partial charge in [-0.1, -0.05) is 39.2 Å². The van der Waals surface area contributed by atoms with Crippen LogP contribution in [0.2, 0.25) is 0 Å². The summed E-state index contributed by atoms with van der Waals surface area (Å²) >= 11 is 0. The van der Waals surface area contributed by atoms with Gasteiger partial charge in [-0.25, -0.2) is 4.79 Å². The molecule has 0 aromatic rings. The predicted molar refractivity (Wildman–Crippen MR) is 111 cm³/mol. The third-order valence-electron chi connectivity index (χ3n) is 5.65. The summed E-state index contributed by atoms with van der Waals surface area (Å²) in [7, 11) is 0. The molecule has 0 spiro atoms. The first kappa shape index (κ1) is 23.7. The maximum Gasteiger partial charge on any atom is 0.334 e. The average Bonchev–Trinajstić information content (AvgIpc) is 3.27. The summed E-state index contributed by atoms with van der Waals surface area (Å²) in [4.78, 5) is 13.1. The van der Waals surface area contributed by atoms with Gasteiger partial charge in [-0.05, 0) is 47.0 Å². The van der Waals surface area contributed by atoms with E-state index < -0.39 is 36.2 Å². The van der Waals surface area contributed by atoms with Gasteiger partial charge in [0.15, 0.2) is 30.1 Å². The van der Waals surface area contributed by atoms with Crippen molar-refractivity contribution in [2.45, 2.75) is 122 Å². The van der Waals surface area contributed by atoms with Crippen molar-refractivity contribution in [3.05, 3.63) is 11.6 Å². The number of carbonyl (C=O) groups is 1. The molecule has 0 radical (unpaired) electrons. The van der Waals surface area contributed by atoms with E-state index in [2.05, 4.69) is 13.8 Å². The molecule has 0 bridgehead atoms. The maximum atomic E-state index is 13.1. The van der Waals surface area contributed by atoms with Crippen molar-refractivity contribution in [2.24, 2.45) is 0 Å². The number of unbranched alkanes of at least 4 members (excludes halogenated alkanes) is 3. The van der Waals surface area contributed by atoms with Gasteiger partial charge in [0.2, 0.25) is 0 Å². The Labute approximate surface area is 180 Å². The van der Waals surface area contributed by atoms with Gasteiger partial charge < -0.3 is 28.4 Å². The van der Waals surface area contributed by atoms with Gasteiger partial charge in [0.05, 0.1) is 6.61 Å². The molecule has 7 nitrogen and oxygen atoms in total. The molecular weight excluding hydrogens is 388 g/mol. The Morgan fingerprint density at radius 3 is 2.40 bits per heavy atom. The van der Waals surface area contributed by atoms with Gasteiger partial charge in [0.1, 0.15) is 12.2 Å². The van der Waals surface area contributed by atoms with Gasteiger partial charge >= 0.3 is 5.97 Å². The van der Waals surface area contributed by atoms with Crippen LogP contribution >= 0.6 is 0 Å². The zero-order valence-corrected chi connectivity index (χ0v) is 19.3. The molecule has 0 unspecified atom stereocenters. The van der Waals surface area contributed by atoms with Crippen molar-refractivity contribution in [3.63, 3.8) is 0 Å². The number of allylic oxidation sites excluding steroid dienone is 1. The lowest BCUT2D eigenvalue weighted by Gasteiger charge is -2.29. The van der Waals surface area contributed by atoms with Crippen molar-refractivity contribution in [1.82, 2.24) is 0 Å². The van der Waals surface area contributed by atoms with Crippen LogP contribution in [0.1, 0.15) is 80.1 Å². The van der Waals surface area contributed by atoms with E-state index in [0.717, 1.165) is 37.7 Å². The van der Waals surface area contributed by atoms with Gasteiger partial charge in [-0.15, -0.1) is 0 Å². The first-order valence-corrected chi connectivity index (χ1v) is 11.4. The number of rotatable bonds is 9. The molecule has 0 saturated carbocycles. The first-order chi connectivity index (χ1) is 14.2. The quantitative estimate of drug-likeness (QED) is 0.310. The fraction of sp³-hybridized carbons (Fsp3) is 0.870. The smallest absolute Gasteiger partial charge is 0.334 e. The normalized spacial score (nSPS) is 34.9. The molecule has 3 saturated heterocycles. The molecule has 0 aliphatic carbocycles. The summed E-state index contributed by atoms with van der Waals surface area (Å²) in [6, 6.07) is 0. The highest BCUT2D eigenvalue weighted by Crippen LogP contribution is 2.42. The van der Waals surface area contributed by atoms with E-state index >= 15 is 0 Å². The van der Waals surface area contributed by atoms with Crippen molar-refractivity contribution in [2.75, 3.05) is 6.61 Å². The number of ether oxygens (including phenoxy) is 6. The maximum absolute atomic E-state index is 13.1. The highest BCUT2D eigenvalue weighted by Gasteiger charge is 2.60. The standard InChI is InChI=1S/C23H38O7/c1-7-9-10-11-13-15(12-8-2)20(24)26-18-17(16-14-25-22(3,4)28-16)27-21-19(18)29-23(5,6)30-21/h13,16-19,21H,7-12,14H2,1-6H3/b15-13+/t16-,17-,18+,19-,21-/m1/s1. The Morgan fingerprint density at radius 2 is 1.77 bits per heavy atom. The Balaban J connectivity index is 1.73. The highest BCUT2D eigenvalue weighted by atomic mass is 16.8. The molecule has 3 fully saturated rings. The van der Waals surface area contributed by atoms with E-state index in [4.69, 9.17) is 28.4 Å². The molecule has 3 aliphatic rings. The average molecular weight is 427 g/mol. The van der Waals surface area contributed by atoms with E-state index in [1.807, 2.05) is 33.8 Å². The SMILES string of the molecule is CCCCC/C=C(\CCC)C(=O)O[C@@H]1[C@H]2OC(C)(C)O[C@H]2O[C@@H]1[C@H]1COC(C)(C)O1. The molecule has 3 aliphatic heterocycles. The van der Waals surface area contributed by atoms with Crippen LogP contribution in [0.25, 0.3) is 0 Å². The number of carbonyl (C=O) groups excluding carboxylic acids is 1. The highest BCUT2D eigenvalue weighted by molar-refractivity contribution is 5.88. The lowest BCUT2D eigenvalue weighted by Crippen LogP contribution is -2.45. The molecular formula is C23H38O7. The van der Waals surface area contributed by atoms with E-state index in [9.17, 15) is 4.79 Å². The molecule has 0 aromatic heterocycles. The number of hydrogen-bond donors (Lipinski definition) is 0. The molecule has 5 atom stereocenters. The van der Waals surface area contributed by atoms with Gasteiger partial charge in [0.25, 0.3) is 0 Å². The van der Waals surface area contributed by atoms with Crippen molar-refractivity contribution in [1.29, 1.82) is 0 Å². The summed E-state index contributed by atoms with van der Waals surface area (Å²) in [6.07, 6.45) is 5.28. The van der Waals surface area contributed by atoms with E-state index in [1.54, 1.807) is 0 Å². The molecule has 3 heterocycles. The van der Waals surface area contributed by atoms with Crippen LogP contribution in [0.4, 0.5) is 0 Å². The second-order valence-electron chi connectivity index (χ2n) is 9.28. The minimum atomic E-state index is -0.792. The van der Waals surface area contributed by atoms with Crippen molar-refractivity contribution in [3.8, 4) is 0 Å². The zero-order chi connectivity index (χ0) is 21.9. The van der Waals surface area contributed by atoms with E-state index in [0.29, 0.717) is 13.0 Å². The Morgan fingerprint density at radius 1 is 1.00 bits per heavy atom. The minimum absolute atomic E-state index is 0.306. The fourth-order valence-electron chi connectivity index (χ4n) is 4.24. The van der Waals surface area contributed by atoms with Crippen molar-refractivity contribution < 1.29 is 33.2 Å². The van der Waals surface area contributed by atoms with E-state index in [1.165, 1.54) is 0 Å². The topological polar surface area (TPSA) is 72.5 Å². The van der Waals surface area contributed by atoms with Crippen LogP contribution in [0.3, 0.4) is 0 Å². The Kier molecular flexibility index (Phi) is 7.62. The summed E-state index contributed by atoms with van der Waals surface area (Å²) in [5, 5.41) is 0. The van der Waals surface area contributed by atoms with Gasteiger partial charge in [-0.2, -0.15) is 0 Å². The molecule has 3 rings (SSSR count). The Hall–Kier alpha value is -0.990. The number of fused-ring (bicyclic) bond motifs is 1. The first-order valence-electron chi connectivity index (χ1n) is 11.4. The summed E-state index contributed by atoms with van der Waals surface area (Å²) < 4.78 is 35.8. The third kappa shape index (κ3) is 5.62. The van der Waals surface area contributed by atoms with Crippen LogP contribution in [0.15, 0.2) is 11.6 Å². The molecule has 0 amide bonds. The fourth-order valence-corrected chi connectivity index (χ4v) is 4.24. The van der Waals surface area contributed by atoms with Crippen molar-refractivity contribution >= 4 is 5.97 Å². The van der Waals surface area contributed by atoms with Gasteiger partial charge in [0, 0.05) is 5.57 Å². The summed E-state index contributed by atoms with van der Waals surface area (Å²) in [5.74, 6) is -1.80. The number of esters is 1. The minimum Gasteiger partial charge on any atom is -0.453 e. The monoisotopic (exact) mass is 426 g/mol.